The van der Waals surface area contributed by atoms with Crippen LogP contribution in [0, 0.1) is 10.7 Å². The summed E-state index contributed by atoms with van der Waals surface area (Å²) in [5.41, 5.74) is 0.716. The van der Waals surface area contributed by atoms with Gasteiger partial charge < -0.3 is 4.98 Å². The first-order chi connectivity index (χ1) is 9.25. The maximum atomic E-state index is 12.5. The molecule has 0 radical (unpaired) electrons. The SMILES string of the molecule is O=c1c2cc[nH]c2n2c(=S)[nH]nc2n1CC1CCC1. The quantitative estimate of drug-likeness (QED) is 0.701. The molecule has 0 unspecified atom stereocenters. The van der Waals surface area contributed by atoms with E-state index in [9.17, 15) is 4.79 Å². The van der Waals surface area contributed by atoms with E-state index in [1.54, 1.807) is 21.2 Å². The number of nitrogens with one attached hydrogen (secondary N) is 2. The molecule has 3 heterocycles. The molecule has 4 rings (SSSR count). The Morgan fingerprint density at radius 1 is 1.47 bits per heavy atom. The van der Waals surface area contributed by atoms with E-state index in [2.05, 4.69) is 15.2 Å². The van der Waals surface area contributed by atoms with Gasteiger partial charge in [0, 0.05) is 12.7 Å². The van der Waals surface area contributed by atoms with Gasteiger partial charge in [0.2, 0.25) is 10.5 Å². The summed E-state index contributed by atoms with van der Waals surface area (Å²) in [5, 5.41) is 7.64. The smallest absolute Gasteiger partial charge is 0.264 e. The Bertz CT molecular complexity index is 879. The van der Waals surface area contributed by atoms with Crippen LogP contribution in [0.3, 0.4) is 0 Å². The van der Waals surface area contributed by atoms with Crippen molar-refractivity contribution in [1.82, 2.24) is 24.1 Å². The average molecular weight is 275 g/mol. The van der Waals surface area contributed by atoms with Gasteiger partial charge in [0.05, 0.1) is 5.39 Å². The molecule has 2 N–H and O–H groups in total. The number of fused-ring (bicyclic) bond motifs is 3. The lowest BCUT2D eigenvalue weighted by Crippen LogP contribution is -2.28. The van der Waals surface area contributed by atoms with Crippen molar-refractivity contribution >= 4 is 29.0 Å². The van der Waals surface area contributed by atoms with Crippen molar-refractivity contribution < 1.29 is 0 Å². The molecule has 0 amide bonds. The van der Waals surface area contributed by atoms with Gasteiger partial charge in [-0.3, -0.25) is 9.36 Å². The first kappa shape index (κ1) is 11.0. The van der Waals surface area contributed by atoms with Crippen LogP contribution in [-0.2, 0) is 6.54 Å². The molecule has 1 aliphatic rings. The number of rotatable bonds is 2. The molecule has 6 nitrogen and oxygen atoms in total. The Morgan fingerprint density at radius 3 is 3.05 bits per heavy atom. The number of nitrogens with zero attached hydrogens (tertiary/aromatic N) is 3. The van der Waals surface area contributed by atoms with Gasteiger partial charge in [-0.2, -0.15) is 0 Å². The first-order valence-electron chi connectivity index (χ1n) is 6.43. The second-order valence-electron chi connectivity index (χ2n) is 5.12. The summed E-state index contributed by atoms with van der Waals surface area (Å²) in [6.07, 6.45) is 5.40. The van der Waals surface area contributed by atoms with Crippen molar-refractivity contribution in [3.8, 4) is 0 Å². The Kier molecular flexibility index (Phi) is 2.20. The number of hydrogen-bond donors (Lipinski definition) is 2. The molecule has 1 saturated carbocycles. The van der Waals surface area contributed by atoms with E-state index < -0.39 is 0 Å². The van der Waals surface area contributed by atoms with E-state index in [4.69, 9.17) is 12.2 Å². The predicted molar refractivity (Wildman–Crippen MR) is 73.8 cm³/mol. The highest BCUT2D eigenvalue weighted by molar-refractivity contribution is 7.71. The molecule has 19 heavy (non-hydrogen) atoms. The van der Waals surface area contributed by atoms with Crippen LogP contribution >= 0.6 is 12.2 Å². The fourth-order valence-electron chi connectivity index (χ4n) is 2.72. The summed E-state index contributed by atoms with van der Waals surface area (Å²) < 4.78 is 4.04. The van der Waals surface area contributed by atoms with Crippen LogP contribution in [0.2, 0.25) is 0 Å². The van der Waals surface area contributed by atoms with Gasteiger partial charge in [0.25, 0.3) is 5.56 Å². The normalized spacial score (nSPS) is 16.2. The molecule has 1 aliphatic carbocycles. The summed E-state index contributed by atoms with van der Waals surface area (Å²) in [4.78, 5) is 15.6. The topological polar surface area (TPSA) is 70.9 Å². The van der Waals surface area contributed by atoms with Crippen LogP contribution in [0.1, 0.15) is 19.3 Å². The van der Waals surface area contributed by atoms with Crippen molar-refractivity contribution in [3.05, 3.63) is 27.4 Å². The Balaban J connectivity index is 2.10. The third-order valence-electron chi connectivity index (χ3n) is 3.99. The molecule has 1 fully saturated rings. The second kappa shape index (κ2) is 3.80. The minimum absolute atomic E-state index is 0.00431. The molecule has 0 aromatic carbocycles. The van der Waals surface area contributed by atoms with Crippen LogP contribution in [0.4, 0.5) is 0 Å². The van der Waals surface area contributed by atoms with Crippen molar-refractivity contribution in [1.29, 1.82) is 0 Å². The van der Waals surface area contributed by atoms with E-state index >= 15 is 0 Å². The zero-order valence-electron chi connectivity index (χ0n) is 10.2. The summed E-state index contributed by atoms with van der Waals surface area (Å²) in [7, 11) is 0. The fourth-order valence-corrected chi connectivity index (χ4v) is 2.94. The lowest BCUT2D eigenvalue weighted by molar-refractivity contribution is 0.276. The zero-order chi connectivity index (χ0) is 13.0. The standard InChI is InChI=1S/C12H13N5OS/c18-10-8-4-5-13-9(8)17-11(14-15-12(17)19)16(10)6-7-2-1-3-7/h4-5,7,13H,1-3,6H2,(H,15,19). The van der Waals surface area contributed by atoms with Crippen LogP contribution in [0.25, 0.3) is 16.8 Å². The second-order valence-corrected chi connectivity index (χ2v) is 5.50. The Labute approximate surface area is 113 Å². The number of aromatic amines is 2. The van der Waals surface area contributed by atoms with E-state index in [0.29, 0.717) is 27.5 Å². The molecular formula is C12H13N5OS. The van der Waals surface area contributed by atoms with E-state index in [1.807, 2.05) is 0 Å². The predicted octanol–water partition coefficient (Wildman–Crippen LogP) is 1.83. The lowest BCUT2D eigenvalue weighted by Gasteiger charge is -2.25. The molecule has 0 bridgehead atoms. The number of aromatic nitrogens is 5. The van der Waals surface area contributed by atoms with Gasteiger partial charge >= 0.3 is 0 Å². The molecule has 3 aromatic heterocycles. The molecule has 0 saturated heterocycles. The van der Waals surface area contributed by atoms with Gasteiger partial charge in [-0.1, -0.05) is 6.42 Å². The van der Waals surface area contributed by atoms with Crippen molar-refractivity contribution in [2.24, 2.45) is 5.92 Å². The molecule has 3 aromatic rings. The summed E-state index contributed by atoms with van der Waals surface area (Å²) in [5.74, 6) is 1.18. The highest BCUT2D eigenvalue weighted by Crippen LogP contribution is 2.28. The van der Waals surface area contributed by atoms with Gasteiger partial charge in [0.15, 0.2) is 0 Å². The van der Waals surface area contributed by atoms with Crippen LogP contribution < -0.4 is 5.56 Å². The minimum Gasteiger partial charge on any atom is -0.347 e. The summed E-state index contributed by atoms with van der Waals surface area (Å²) >= 11 is 5.25. The monoisotopic (exact) mass is 275 g/mol. The fraction of sp³-hybridized carbons (Fsp3) is 0.417. The lowest BCUT2D eigenvalue weighted by atomic mass is 9.85. The van der Waals surface area contributed by atoms with E-state index in [1.165, 1.54) is 19.3 Å². The molecule has 98 valence electrons. The molecule has 0 aliphatic heterocycles. The van der Waals surface area contributed by atoms with Gasteiger partial charge in [-0.05, 0) is 37.0 Å². The molecule has 0 atom stereocenters. The maximum Gasteiger partial charge on any atom is 0.264 e. The van der Waals surface area contributed by atoms with E-state index in [-0.39, 0.29) is 5.56 Å². The van der Waals surface area contributed by atoms with Gasteiger partial charge in [-0.25, -0.2) is 9.50 Å². The molecule has 0 spiro atoms. The number of H-pyrrole nitrogens is 2. The highest BCUT2D eigenvalue weighted by atomic mass is 32.1. The summed E-state index contributed by atoms with van der Waals surface area (Å²) in [6.45, 7) is 0.725. The average Bonchev–Trinajstić information content (AvgIpc) is 2.93. The third kappa shape index (κ3) is 1.45. The van der Waals surface area contributed by atoms with E-state index in [0.717, 1.165) is 6.54 Å². The third-order valence-corrected chi connectivity index (χ3v) is 4.26. The molecular weight excluding hydrogens is 262 g/mol. The number of hydrogen-bond acceptors (Lipinski definition) is 3. The summed E-state index contributed by atoms with van der Waals surface area (Å²) in [6, 6.07) is 1.79. The van der Waals surface area contributed by atoms with Gasteiger partial charge in [-0.15, -0.1) is 5.10 Å². The van der Waals surface area contributed by atoms with Gasteiger partial charge in [0.1, 0.15) is 5.65 Å². The molecule has 7 heteroatoms. The Morgan fingerprint density at radius 2 is 2.32 bits per heavy atom. The van der Waals surface area contributed by atoms with Crippen LogP contribution in [-0.4, -0.2) is 24.1 Å². The van der Waals surface area contributed by atoms with Crippen molar-refractivity contribution in [2.75, 3.05) is 0 Å². The highest BCUT2D eigenvalue weighted by Gasteiger charge is 2.21. The van der Waals surface area contributed by atoms with Crippen molar-refractivity contribution in [2.45, 2.75) is 25.8 Å². The Hall–Kier alpha value is -1.89. The first-order valence-corrected chi connectivity index (χ1v) is 6.83. The minimum atomic E-state index is 0.00431. The largest absolute Gasteiger partial charge is 0.347 e. The zero-order valence-corrected chi connectivity index (χ0v) is 11.0. The van der Waals surface area contributed by atoms with Crippen LogP contribution in [0.15, 0.2) is 17.1 Å². The van der Waals surface area contributed by atoms with Crippen molar-refractivity contribution in [3.63, 3.8) is 0 Å². The van der Waals surface area contributed by atoms with Crippen LogP contribution in [0.5, 0.6) is 0 Å². The maximum absolute atomic E-state index is 12.5.